The van der Waals surface area contributed by atoms with Crippen molar-refractivity contribution < 1.29 is 4.79 Å². The minimum absolute atomic E-state index is 0.240. The van der Waals surface area contributed by atoms with Gasteiger partial charge in [0, 0.05) is 6.04 Å². The summed E-state index contributed by atoms with van der Waals surface area (Å²) in [5.74, 6) is 0.748. The summed E-state index contributed by atoms with van der Waals surface area (Å²) in [7, 11) is 0. The number of nitrogens with one attached hydrogen (secondary N) is 1. The van der Waals surface area contributed by atoms with Crippen LogP contribution in [0, 0.1) is 5.92 Å². The highest BCUT2D eigenvalue weighted by atomic mass is 16.2. The topological polar surface area (TPSA) is 32.3 Å². The Morgan fingerprint density at radius 3 is 2.67 bits per heavy atom. The Morgan fingerprint density at radius 1 is 1.47 bits per heavy atom. The number of amides is 1. The zero-order chi connectivity index (χ0) is 11.4. The van der Waals surface area contributed by atoms with Crippen LogP contribution in [0.5, 0.6) is 0 Å². The van der Waals surface area contributed by atoms with Gasteiger partial charge in [-0.2, -0.15) is 0 Å². The first-order valence-corrected chi connectivity index (χ1v) is 6.12. The number of nitrogens with zero attached hydrogens (tertiary/aromatic N) is 1. The van der Waals surface area contributed by atoms with Crippen LogP contribution in [0.3, 0.4) is 0 Å². The van der Waals surface area contributed by atoms with Gasteiger partial charge in [-0.15, -0.1) is 0 Å². The minimum Gasteiger partial charge on any atom is -0.323 e. The van der Waals surface area contributed by atoms with Crippen LogP contribution in [-0.4, -0.2) is 29.6 Å². The van der Waals surface area contributed by atoms with Crippen molar-refractivity contribution in [3.05, 3.63) is 0 Å². The molecule has 0 saturated carbocycles. The highest BCUT2D eigenvalue weighted by Crippen LogP contribution is 2.19. The number of carbonyl (C=O) groups is 1. The van der Waals surface area contributed by atoms with Crippen molar-refractivity contribution in [2.75, 3.05) is 6.54 Å². The molecule has 1 aliphatic heterocycles. The average molecular weight is 212 g/mol. The molecule has 1 aliphatic rings. The van der Waals surface area contributed by atoms with Crippen molar-refractivity contribution in [2.24, 2.45) is 5.92 Å². The Bertz CT molecular complexity index is 216. The first-order chi connectivity index (χ1) is 7.07. The van der Waals surface area contributed by atoms with Gasteiger partial charge in [0.1, 0.15) is 0 Å². The molecule has 0 spiro atoms. The highest BCUT2D eigenvalue weighted by Gasteiger charge is 2.35. The molecule has 15 heavy (non-hydrogen) atoms. The predicted molar refractivity (Wildman–Crippen MR) is 62.5 cm³/mol. The highest BCUT2D eigenvalue weighted by molar-refractivity contribution is 5.81. The van der Waals surface area contributed by atoms with Gasteiger partial charge in [-0.05, 0) is 19.3 Å². The molecule has 1 fully saturated rings. The fourth-order valence-corrected chi connectivity index (χ4v) is 2.25. The first-order valence-electron chi connectivity index (χ1n) is 6.12. The van der Waals surface area contributed by atoms with E-state index in [4.69, 9.17) is 0 Å². The zero-order valence-corrected chi connectivity index (χ0v) is 10.4. The van der Waals surface area contributed by atoms with Gasteiger partial charge in [-0.3, -0.25) is 10.1 Å². The Labute approximate surface area is 93.2 Å². The van der Waals surface area contributed by atoms with E-state index in [1.54, 1.807) is 0 Å². The molecule has 88 valence electrons. The number of carbonyl (C=O) groups excluding carboxylic acids is 1. The molecule has 2 atom stereocenters. The Hall–Kier alpha value is -0.570. The number of hydrogen-bond donors (Lipinski definition) is 1. The van der Waals surface area contributed by atoms with Crippen LogP contribution in [0.1, 0.15) is 47.0 Å². The molecule has 2 unspecified atom stereocenters. The molecule has 0 aliphatic carbocycles. The van der Waals surface area contributed by atoms with Gasteiger partial charge >= 0.3 is 0 Å². The Morgan fingerprint density at radius 2 is 2.13 bits per heavy atom. The van der Waals surface area contributed by atoms with E-state index in [2.05, 4.69) is 33.0 Å². The van der Waals surface area contributed by atoms with Crippen LogP contribution < -0.4 is 5.32 Å². The fraction of sp³-hybridized carbons (Fsp3) is 0.917. The second-order valence-electron chi connectivity index (χ2n) is 4.86. The Balaban J connectivity index is 2.58. The molecular formula is C12H24N2O. The van der Waals surface area contributed by atoms with Crippen LogP contribution in [0.15, 0.2) is 0 Å². The van der Waals surface area contributed by atoms with Gasteiger partial charge in [-0.1, -0.05) is 33.6 Å². The van der Waals surface area contributed by atoms with Crippen LogP contribution in [0.2, 0.25) is 0 Å². The maximum Gasteiger partial charge on any atom is 0.238 e. The molecule has 1 rings (SSSR count). The first kappa shape index (κ1) is 12.5. The molecule has 1 N–H and O–H groups in total. The summed E-state index contributed by atoms with van der Waals surface area (Å²) >= 11 is 0. The van der Waals surface area contributed by atoms with E-state index in [0.29, 0.717) is 18.5 Å². The van der Waals surface area contributed by atoms with Crippen molar-refractivity contribution >= 4 is 5.91 Å². The van der Waals surface area contributed by atoms with E-state index in [1.807, 2.05) is 4.90 Å². The second-order valence-corrected chi connectivity index (χ2v) is 4.86. The lowest BCUT2D eigenvalue weighted by molar-refractivity contribution is -0.130. The molecule has 0 aromatic heterocycles. The van der Waals surface area contributed by atoms with E-state index in [1.165, 1.54) is 12.8 Å². The van der Waals surface area contributed by atoms with Crippen molar-refractivity contribution in [1.82, 2.24) is 10.2 Å². The van der Waals surface area contributed by atoms with Crippen molar-refractivity contribution in [3.63, 3.8) is 0 Å². The van der Waals surface area contributed by atoms with Gasteiger partial charge in [0.2, 0.25) is 5.91 Å². The minimum atomic E-state index is 0.240. The summed E-state index contributed by atoms with van der Waals surface area (Å²) in [6.07, 6.45) is 3.76. The molecular weight excluding hydrogens is 188 g/mol. The maximum atomic E-state index is 11.8. The lowest BCUT2D eigenvalue weighted by Gasteiger charge is -2.32. The zero-order valence-electron chi connectivity index (χ0n) is 10.4. The smallest absolute Gasteiger partial charge is 0.238 e. The summed E-state index contributed by atoms with van der Waals surface area (Å²) in [5.41, 5.74) is 0. The molecule has 3 nitrogen and oxygen atoms in total. The van der Waals surface area contributed by atoms with Gasteiger partial charge in [0.25, 0.3) is 0 Å². The van der Waals surface area contributed by atoms with Crippen molar-refractivity contribution in [1.29, 1.82) is 0 Å². The van der Waals surface area contributed by atoms with Gasteiger partial charge in [-0.25, -0.2) is 0 Å². The molecule has 0 bridgehead atoms. The van der Waals surface area contributed by atoms with E-state index >= 15 is 0 Å². The van der Waals surface area contributed by atoms with Gasteiger partial charge < -0.3 is 4.90 Å². The van der Waals surface area contributed by atoms with Crippen LogP contribution in [0.4, 0.5) is 0 Å². The van der Waals surface area contributed by atoms with E-state index in [9.17, 15) is 4.79 Å². The quantitative estimate of drug-likeness (QED) is 0.755. The van der Waals surface area contributed by atoms with Crippen LogP contribution in [0.25, 0.3) is 0 Å². The number of rotatable bonds is 5. The molecule has 1 saturated heterocycles. The maximum absolute atomic E-state index is 11.8. The lowest BCUT2D eigenvalue weighted by atomic mass is 10.1. The summed E-state index contributed by atoms with van der Waals surface area (Å²) in [5, 5.41) is 3.29. The third-order valence-corrected chi connectivity index (χ3v) is 3.13. The average Bonchev–Trinajstić information content (AvgIpc) is 2.56. The number of unbranched alkanes of at least 4 members (excludes halogenated alkanes) is 1. The van der Waals surface area contributed by atoms with Crippen molar-refractivity contribution in [3.8, 4) is 0 Å². The van der Waals surface area contributed by atoms with Crippen LogP contribution >= 0.6 is 0 Å². The summed E-state index contributed by atoms with van der Waals surface area (Å²) in [6, 6.07) is 0.375. The molecule has 1 heterocycles. The fourth-order valence-electron chi connectivity index (χ4n) is 2.25. The van der Waals surface area contributed by atoms with E-state index < -0.39 is 0 Å². The molecule has 0 radical (unpaired) electrons. The third kappa shape index (κ3) is 2.94. The molecule has 3 heteroatoms. The van der Waals surface area contributed by atoms with Crippen molar-refractivity contribution in [2.45, 2.75) is 59.2 Å². The molecule has 0 aromatic carbocycles. The lowest BCUT2D eigenvalue weighted by Crippen LogP contribution is -2.46. The standard InChI is InChI=1S/C12H24N2O/c1-5-6-7-10(4)14-11(15)8-13-12(14)9(2)3/h9-10,12-13H,5-8H2,1-4H3. The summed E-state index contributed by atoms with van der Waals surface area (Å²) in [4.78, 5) is 13.8. The SMILES string of the molecule is CCCCC(C)N1C(=O)CNC1C(C)C. The van der Waals surface area contributed by atoms with Crippen LogP contribution in [-0.2, 0) is 4.79 Å². The van der Waals surface area contributed by atoms with E-state index in [0.717, 1.165) is 6.42 Å². The second kappa shape index (κ2) is 5.50. The van der Waals surface area contributed by atoms with E-state index in [-0.39, 0.29) is 12.1 Å². The monoisotopic (exact) mass is 212 g/mol. The molecule has 0 aromatic rings. The Kier molecular flexibility index (Phi) is 4.58. The third-order valence-electron chi connectivity index (χ3n) is 3.13. The predicted octanol–water partition coefficient (Wildman–Crippen LogP) is 1.98. The largest absolute Gasteiger partial charge is 0.323 e. The summed E-state index contributed by atoms with van der Waals surface area (Å²) in [6.45, 7) is 9.19. The van der Waals surface area contributed by atoms with Gasteiger partial charge in [0.15, 0.2) is 0 Å². The normalized spacial score (nSPS) is 23.9. The number of hydrogen-bond acceptors (Lipinski definition) is 2. The van der Waals surface area contributed by atoms with Gasteiger partial charge in [0.05, 0.1) is 12.7 Å². The summed E-state index contributed by atoms with van der Waals surface area (Å²) < 4.78 is 0. The molecule has 1 amide bonds.